The van der Waals surface area contributed by atoms with Crippen LogP contribution < -0.4 is 14.8 Å². The van der Waals surface area contributed by atoms with E-state index in [4.69, 9.17) is 9.47 Å². The van der Waals surface area contributed by atoms with E-state index in [0.717, 1.165) is 33.4 Å². The second-order valence-electron chi connectivity index (χ2n) is 7.44. The van der Waals surface area contributed by atoms with Crippen molar-refractivity contribution >= 4 is 28.5 Å². The summed E-state index contributed by atoms with van der Waals surface area (Å²) in [5.74, 6) is 1.32. The van der Waals surface area contributed by atoms with E-state index >= 15 is 0 Å². The topological polar surface area (TPSA) is 67.8 Å². The highest BCUT2D eigenvalue weighted by Crippen LogP contribution is 2.41. The summed E-state index contributed by atoms with van der Waals surface area (Å²) in [6.07, 6.45) is 0. The third-order valence-electron chi connectivity index (χ3n) is 5.20. The molecule has 0 radical (unpaired) electrons. The van der Waals surface area contributed by atoms with Gasteiger partial charge in [0.25, 0.3) is 0 Å². The molecule has 1 saturated heterocycles. The first-order valence-electron chi connectivity index (χ1n) is 9.98. The Morgan fingerprint density at radius 3 is 2.53 bits per heavy atom. The number of hydrogen-bond donors (Lipinski definition) is 2. The van der Waals surface area contributed by atoms with Gasteiger partial charge in [-0.1, -0.05) is 48.0 Å². The van der Waals surface area contributed by atoms with Crippen molar-refractivity contribution in [2.75, 3.05) is 19.0 Å². The fourth-order valence-electron chi connectivity index (χ4n) is 3.72. The Morgan fingerprint density at radius 1 is 1.07 bits per heavy atom. The van der Waals surface area contributed by atoms with E-state index in [9.17, 15) is 9.90 Å². The zero-order valence-electron chi connectivity index (χ0n) is 17.1. The van der Waals surface area contributed by atoms with Crippen molar-refractivity contribution in [1.82, 2.24) is 5.32 Å². The lowest BCUT2D eigenvalue weighted by molar-refractivity contribution is -0.138. The van der Waals surface area contributed by atoms with Crippen LogP contribution in [0.5, 0.6) is 11.5 Å². The molecule has 0 saturated carbocycles. The van der Waals surface area contributed by atoms with Gasteiger partial charge in [0.05, 0.1) is 5.37 Å². The average molecular weight is 424 g/mol. The first-order chi connectivity index (χ1) is 14.5. The Kier molecular flexibility index (Phi) is 6.16. The van der Waals surface area contributed by atoms with Crippen LogP contribution in [0.1, 0.15) is 22.1 Å². The summed E-state index contributed by atoms with van der Waals surface area (Å²) in [6, 6.07) is 17.7. The number of thioether (sulfide) groups is 1. The molecular weight excluding hydrogens is 398 g/mol. The number of carboxylic acids is 1. The molecule has 0 bridgehead atoms. The number of ether oxygens (including phenoxy) is 2. The first-order valence-corrected chi connectivity index (χ1v) is 11.0. The Hall–Kier alpha value is -2.70. The third-order valence-corrected chi connectivity index (χ3v) is 6.43. The van der Waals surface area contributed by atoms with E-state index < -0.39 is 12.0 Å². The van der Waals surface area contributed by atoms with Gasteiger partial charge in [-0.15, -0.1) is 11.8 Å². The quantitative estimate of drug-likeness (QED) is 0.537. The van der Waals surface area contributed by atoms with Crippen molar-refractivity contribution in [2.24, 2.45) is 0 Å². The van der Waals surface area contributed by atoms with Crippen LogP contribution in [-0.4, -0.2) is 36.1 Å². The van der Waals surface area contributed by atoms with Gasteiger partial charge in [-0.2, -0.15) is 0 Å². The highest BCUT2D eigenvalue weighted by molar-refractivity contribution is 7.99. The molecule has 30 heavy (non-hydrogen) atoms. The first kappa shape index (κ1) is 20.6. The second kappa shape index (κ2) is 8.98. The van der Waals surface area contributed by atoms with Crippen molar-refractivity contribution in [1.29, 1.82) is 0 Å². The van der Waals surface area contributed by atoms with Crippen molar-refractivity contribution in [3.05, 3.63) is 71.3 Å². The molecule has 3 aromatic carbocycles. The molecule has 0 amide bonds. The van der Waals surface area contributed by atoms with E-state index in [1.54, 1.807) is 11.8 Å². The number of aliphatic carboxylic acids is 1. The highest BCUT2D eigenvalue weighted by atomic mass is 32.2. The number of benzene rings is 3. The molecule has 0 aromatic heterocycles. The smallest absolute Gasteiger partial charge is 0.321 e. The lowest BCUT2D eigenvalue weighted by atomic mass is 10.0. The van der Waals surface area contributed by atoms with Gasteiger partial charge in [-0.05, 0) is 42.3 Å². The fourth-order valence-corrected chi connectivity index (χ4v) is 5.01. The van der Waals surface area contributed by atoms with Crippen LogP contribution in [0.2, 0.25) is 0 Å². The molecule has 156 valence electrons. The number of aryl methyl sites for hydroxylation is 2. The van der Waals surface area contributed by atoms with E-state index in [2.05, 4.69) is 30.4 Å². The van der Waals surface area contributed by atoms with Gasteiger partial charge in [0.15, 0.2) is 0 Å². The average Bonchev–Trinajstić information content (AvgIpc) is 3.22. The molecule has 1 fully saturated rings. The maximum atomic E-state index is 11.4. The lowest BCUT2D eigenvalue weighted by Crippen LogP contribution is -2.33. The van der Waals surface area contributed by atoms with Crippen LogP contribution in [0.15, 0.2) is 54.6 Å². The standard InChI is InChI=1S/C24H25NO4S/c1-15-7-9-20(16(2)13-15)28-11-12-29-21-10-8-17-5-3-4-6-18(17)22(21)23-25-19(14-30-23)24(26)27/h3-10,13,19,23,25H,11-12,14H2,1-2H3,(H,26,27). The van der Waals surface area contributed by atoms with Gasteiger partial charge in [-0.3, -0.25) is 10.1 Å². The van der Waals surface area contributed by atoms with Gasteiger partial charge in [0, 0.05) is 11.3 Å². The molecule has 4 rings (SSSR count). The summed E-state index contributed by atoms with van der Waals surface area (Å²) in [4.78, 5) is 11.4. The number of fused-ring (bicyclic) bond motifs is 1. The van der Waals surface area contributed by atoms with Gasteiger partial charge in [0.1, 0.15) is 30.8 Å². The van der Waals surface area contributed by atoms with Gasteiger partial charge >= 0.3 is 5.97 Å². The third kappa shape index (κ3) is 4.40. The maximum absolute atomic E-state index is 11.4. The van der Waals surface area contributed by atoms with Crippen molar-refractivity contribution in [2.45, 2.75) is 25.3 Å². The fraction of sp³-hybridized carbons (Fsp3) is 0.292. The Morgan fingerprint density at radius 2 is 1.80 bits per heavy atom. The minimum Gasteiger partial charge on any atom is -0.490 e. The van der Waals surface area contributed by atoms with Crippen LogP contribution in [0, 0.1) is 13.8 Å². The van der Waals surface area contributed by atoms with Gasteiger partial charge < -0.3 is 14.6 Å². The predicted molar refractivity (Wildman–Crippen MR) is 121 cm³/mol. The maximum Gasteiger partial charge on any atom is 0.321 e. The van der Waals surface area contributed by atoms with Gasteiger partial charge in [-0.25, -0.2) is 0 Å². The zero-order chi connectivity index (χ0) is 21.1. The van der Waals surface area contributed by atoms with Crippen molar-refractivity contribution < 1.29 is 19.4 Å². The molecule has 1 aliphatic rings. The Balaban J connectivity index is 1.51. The predicted octanol–water partition coefficient (Wildman–Crippen LogP) is 4.70. The molecular formula is C24H25NO4S. The Bertz CT molecular complexity index is 1070. The number of hydrogen-bond acceptors (Lipinski definition) is 5. The summed E-state index contributed by atoms with van der Waals surface area (Å²) in [7, 11) is 0. The molecule has 0 aliphatic carbocycles. The van der Waals surface area contributed by atoms with E-state index in [1.807, 2.05) is 43.3 Å². The highest BCUT2D eigenvalue weighted by Gasteiger charge is 2.33. The molecule has 2 unspecified atom stereocenters. The summed E-state index contributed by atoms with van der Waals surface area (Å²) < 4.78 is 12.0. The molecule has 1 aliphatic heterocycles. The summed E-state index contributed by atoms with van der Waals surface area (Å²) in [5.41, 5.74) is 3.30. The second-order valence-corrected chi connectivity index (χ2v) is 8.57. The summed E-state index contributed by atoms with van der Waals surface area (Å²) in [6.45, 7) is 4.93. The zero-order valence-corrected chi connectivity index (χ0v) is 17.9. The van der Waals surface area contributed by atoms with Crippen LogP contribution in [0.25, 0.3) is 10.8 Å². The molecule has 5 nitrogen and oxygen atoms in total. The minimum atomic E-state index is -0.824. The molecule has 0 spiro atoms. The van der Waals surface area contributed by atoms with Crippen LogP contribution >= 0.6 is 11.8 Å². The largest absolute Gasteiger partial charge is 0.490 e. The Labute approximate surface area is 180 Å². The number of carbonyl (C=O) groups is 1. The molecule has 3 aromatic rings. The normalized spacial score (nSPS) is 18.5. The number of rotatable bonds is 7. The summed E-state index contributed by atoms with van der Waals surface area (Å²) in [5, 5.41) is 14.6. The van der Waals surface area contributed by atoms with E-state index in [1.165, 1.54) is 5.56 Å². The molecule has 2 N–H and O–H groups in total. The number of carboxylic acid groups (broad SMARTS) is 1. The van der Waals surface area contributed by atoms with E-state index in [-0.39, 0.29) is 5.37 Å². The molecule has 1 heterocycles. The SMILES string of the molecule is Cc1ccc(OCCOc2ccc3ccccc3c2C2NC(C(=O)O)CS2)c(C)c1. The van der Waals surface area contributed by atoms with Crippen molar-refractivity contribution in [3.63, 3.8) is 0 Å². The van der Waals surface area contributed by atoms with Crippen LogP contribution in [0.3, 0.4) is 0 Å². The number of nitrogens with one attached hydrogen (secondary N) is 1. The lowest BCUT2D eigenvalue weighted by Gasteiger charge is -2.19. The van der Waals surface area contributed by atoms with Crippen LogP contribution in [-0.2, 0) is 4.79 Å². The summed E-state index contributed by atoms with van der Waals surface area (Å²) >= 11 is 1.60. The van der Waals surface area contributed by atoms with Crippen molar-refractivity contribution in [3.8, 4) is 11.5 Å². The molecule has 6 heteroatoms. The monoisotopic (exact) mass is 423 g/mol. The molecule has 2 atom stereocenters. The van der Waals surface area contributed by atoms with E-state index in [0.29, 0.717) is 19.0 Å². The van der Waals surface area contributed by atoms with Crippen LogP contribution in [0.4, 0.5) is 0 Å². The minimum absolute atomic E-state index is 0.132. The van der Waals surface area contributed by atoms with Gasteiger partial charge in [0.2, 0.25) is 0 Å².